The lowest BCUT2D eigenvalue weighted by Gasteiger charge is -2.24. The van der Waals surface area contributed by atoms with E-state index in [1.54, 1.807) is 18.5 Å². The van der Waals surface area contributed by atoms with Gasteiger partial charge >= 0.3 is 0 Å². The molecule has 0 bridgehead atoms. The third-order valence-electron chi connectivity index (χ3n) is 6.23. The monoisotopic (exact) mass is 397 g/mol. The molecule has 2 fully saturated rings. The van der Waals surface area contributed by atoms with Gasteiger partial charge < -0.3 is 10.6 Å². The van der Waals surface area contributed by atoms with E-state index in [2.05, 4.69) is 45.5 Å². The normalized spacial score (nSPS) is 20.4. The lowest BCUT2D eigenvalue weighted by atomic mass is 10.1. The second-order valence-corrected chi connectivity index (χ2v) is 8.43. The van der Waals surface area contributed by atoms with E-state index in [4.69, 9.17) is 5.73 Å². The zero-order chi connectivity index (χ0) is 20.5. The quantitative estimate of drug-likeness (QED) is 0.771. The molecule has 1 saturated heterocycles. The molecule has 0 radical (unpaired) electrons. The number of hydrogen-bond donors (Lipinski definition) is 1. The van der Waals surface area contributed by atoms with E-state index >= 15 is 0 Å². The highest BCUT2D eigenvalue weighted by atomic mass is 16.2. The maximum Gasteiger partial charge on any atom is 0.257 e. The highest BCUT2D eigenvalue weighted by molar-refractivity contribution is 5.95. The minimum atomic E-state index is 0.123. The summed E-state index contributed by atoms with van der Waals surface area (Å²) in [7, 11) is 2.06. The molecule has 2 N–H and O–H groups in total. The van der Waals surface area contributed by atoms with Crippen LogP contribution >= 0.6 is 0 Å². The van der Waals surface area contributed by atoms with Crippen LogP contribution in [0.2, 0.25) is 0 Å². The number of carbonyl (C=O) groups excluding carboxylic acids is 1. The number of likely N-dealkylation sites (tertiary alicyclic amines) is 1. The van der Waals surface area contributed by atoms with Crippen LogP contribution in [-0.4, -0.2) is 61.6 Å². The van der Waals surface area contributed by atoms with Gasteiger partial charge in [0.2, 0.25) is 0 Å². The van der Waals surface area contributed by atoms with Gasteiger partial charge in [-0.2, -0.15) is 5.10 Å². The summed E-state index contributed by atoms with van der Waals surface area (Å²) in [5.74, 6) is 1.81. The van der Waals surface area contributed by atoms with Crippen molar-refractivity contribution in [3.63, 3.8) is 0 Å². The van der Waals surface area contributed by atoms with E-state index < -0.39 is 0 Å². The van der Waals surface area contributed by atoms with Crippen molar-refractivity contribution in [2.45, 2.75) is 64.1 Å². The number of rotatable bonds is 7. The molecule has 2 aromatic heterocycles. The van der Waals surface area contributed by atoms with Crippen molar-refractivity contribution < 1.29 is 4.79 Å². The van der Waals surface area contributed by atoms with E-state index in [0.717, 1.165) is 50.0 Å². The van der Waals surface area contributed by atoms with Gasteiger partial charge in [0.15, 0.2) is 0 Å². The van der Waals surface area contributed by atoms with Gasteiger partial charge in [0.05, 0.1) is 24.0 Å². The third-order valence-corrected chi connectivity index (χ3v) is 6.23. The van der Waals surface area contributed by atoms with Crippen LogP contribution in [0.25, 0.3) is 0 Å². The molecule has 0 aromatic carbocycles. The minimum Gasteiger partial charge on any atom is -0.384 e. The van der Waals surface area contributed by atoms with E-state index in [0.29, 0.717) is 30.1 Å². The molecule has 0 spiro atoms. The first-order chi connectivity index (χ1) is 14.0. The Morgan fingerprint density at radius 1 is 1.38 bits per heavy atom. The second kappa shape index (κ2) is 8.10. The molecule has 2 aliphatic rings. The largest absolute Gasteiger partial charge is 0.384 e. The summed E-state index contributed by atoms with van der Waals surface area (Å²) in [6, 6.07) is 2.30. The Labute approximate surface area is 172 Å². The first-order valence-corrected chi connectivity index (χ1v) is 10.6. The molecule has 8 heteroatoms. The first-order valence-electron chi connectivity index (χ1n) is 10.6. The lowest BCUT2D eigenvalue weighted by molar-refractivity contribution is 0.0778. The molecule has 156 valence electrons. The summed E-state index contributed by atoms with van der Waals surface area (Å²) < 4.78 is 2.09. The van der Waals surface area contributed by atoms with Crippen LogP contribution in [0, 0.1) is 0 Å². The Balaban J connectivity index is 1.44. The summed E-state index contributed by atoms with van der Waals surface area (Å²) >= 11 is 0. The summed E-state index contributed by atoms with van der Waals surface area (Å²) in [5, 5.41) is 4.59. The standard InChI is InChI=1S/C21H31N7O/c1-4-14(2)28-20(15-5-6-15)17(11-24-28)21(29)27-10-8-16(12-27)26(3)13-19-23-9-7-18(22)25-19/h7,9,11,14-16H,4-6,8,10,12-13H2,1-3H3,(H2,22,23,25)/t14-,16+/m0/s1. The summed E-state index contributed by atoms with van der Waals surface area (Å²) in [4.78, 5) is 26.1. The van der Waals surface area contributed by atoms with Crippen LogP contribution in [0.4, 0.5) is 5.82 Å². The van der Waals surface area contributed by atoms with Crippen molar-refractivity contribution >= 4 is 11.7 Å². The number of hydrogen-bond acceptors (Lipinski definition) is 6. The predicted molar refractivity (Wildman–Crippen MR) is 111 cm³/mol. The van der Waals surface area contributed by atoms with Crippen LogP contribution < -0.4 is 5.73 Å². The fourth-order valence-corrected chi connectivity index (χ4v) is 4.12. The van der Waals surface area contributed by atoms with Crippen LogP contribution in [0.5, 0.6) is 0 Å². The minimum absolute atomic E-state index is 0.123. The van der Waals surface area contributed by atoms with Crippen LogP contribution in [0.1, 0.15) is 73.4 Å². The average Bonchev–Trinajstić information content (AvgIpc) is 3.26. The number of carbonyl (C=O) groups is 1. The summed E-state index contributed by atoms with van der Waals surface area (Å²) in [6.45, 7) is 6.44. The van der Waals surface area contributed by atoms with Crippen LogP contribution in [0.15, 0.2) is 18.5 Å². The molecule has 1 aliphatic heterocycles. The maximum atomic E-state index is 13.3. The van der Waals surface area contributed by atoms with Gasteiger partial charge in [0, 0.05) is 37.3 Å². The van der Waals surface area contributed by atoms with Crippen molar-refractivity contribution in [1.82, 2.24) is 29.5 Å². The number of amides is 1. The average molecular weight is 398 g/mol. The smallest absolute Gasteiger partial charge is 0.257 e. The van der Waals surface area contributed by atoms with Crippen LogP contribution in [-0.2, 0) is 6.54 Å². The fraction of sp³-hybridized carbons (Fsp3) is 0.619. The predicted octanol–water partition coefficient (Wildman–Crippen LogP) is 2.45. The molecule has 3 heterocycles. The number of aromatic nitrogens is 4. The van der Waals surface area contributed by atoms with Gasteiger partial charge in [0.1, 0.15) is 11.6 Å². The molecule has 4 rings (SSSR count). The second-order valence-electron chi connectivity index (χ2n) is 8.43. The Hall–Kier alpha value is -2.48. The number of nitrogen functional groups attached to an aromatic ring is 1. The molecular formula is C21H31N7O. The van der Waals surface area contributed by atoms with E-state index in [1.165, 1.54) is 0 Å². The van der Waals surface area contributed by atoms with Gasteiger partial charge in [-0.15, -0.1) is 0 Å². The third kappa shape index (κ3) is 4.12. The number of likely N-dealkylation sites (N-methyl/N-ethyl adjacent to an activating group) is 1. The topological polar surface area (TPSA) is 93.2 Å². The Kier molecular flexibility index (Phi) is 5.54. The molecule has 1 saturated carbocycles. The molecular weight excluding hydrogens is 366 g/mol. The van der Waals surface area contributed by atoms with Crippen molar-refractivity contribution in [1.29, 1.82) is 0 Å². The van der Waals surface area contributed by atoms with E-state index in [1.807, 2.05) is 4.90 Å². The zero-order valence-corrected chi connectivity index (χ0v) is 17.6. The number of anilines is 1. The number of nitrogens with zero attached hydrogens (tertiary/aromatic N) is 6. The van der Waals surface area contributed by atoms with Crippen molar-refractivity contribution in [2.75, 3.05) is 25.9 Å². The highest BCUT2D eigenvalue weighted by Crippen LogP contribution is 2.43. The van der Waals surface area contributed by atoms with Crippen molar-refractivity contribution in [3.8, 4) is 0 Å². The number of nitrogens with two attached hydrogens (primary N) is 1. The lowest BCUT2D eigenvalue weighted by Crippen LogP contribution is -2.36. The Morgan fingerprint density at radius 3 is 2.86 bits per heavy atom. The van der Waals surface area contributed by atoms with Crippen molar-refractivity contribution in [3.05, 3.63) is 35.5 Å². The van der Waals surface area contributed by atoms with Crippen LogP contribution in [0.3, 0.4) is 0 Å². The zero-order valence-electron chi connectivity index (χ0n) is 17.6. The fourth-order valence-electron chi connectivity index (χ4n) is 4.12. The van der Waals surface area contributed by atoms with Gasteiger partial charge in [-0.1, -0.05) is 6.92 Å². The Morgan fingerprint density at radius 2 is 2.17 bits per heavy atom. The van der Waals surface area contributed by atoms with Crippen molar-refractivity contribution in [2.24, 2.45) is 0 Å². The molecule has 1 aliphatic carbocycles. The first kappa shape index (κ1) is 19.8. The Bertz CT molecular complexity index is 876. The maximum absolute atomic E-state index is 13.3. The molecule has 2 atom stereocenters. The highest BCUT2D eigenvalue weighted by Gasteiger charge is 2.36. The van der Waals surface area contributed by atoms with Gasteiger partial charge in [-0.25, -0.2) is 9.97 Å². The molecule has 1 amide bonds. The van der Waals surface area contributed by atoms with Gasteiger partial charge in [-0.05, 0) is 45.7 Å². The van der Waals surface area contributed by atoms with E-state index in [-0.39, 0.29) is 11.9 Å². The van der Waals surface area contributed by atoms with Gasteiger partial charge in [-0.3, -0.25) is 14.4 Å². The summed E-state index contributed by atoms with van der Waals surface area (Å²) in [5.41, 5.74) is 7.71. The molecule has 2 aromatic rings. The van der Waals surface area contributed by atoms with E-state index in [9.17, 15) is 4.79 Å². The molecule has 0 unspecified atom stereocenters. The molecule has 8 nitrogen and oxygen atoms in total. The molecule has 29 heavy (non-hydrogen) atoms. The summed E-state index contributed by atoms with van der Waals surface area (Å²) in [6.07, 6.45) is 7.76. The SMILES string of the molecule is CC[C@H](C)n1ncc(C(=O)N2CC[C@@H](N(C)Cc3nccc(N)n3)C2)c1C1CC1. The van der Waals surface area contributed by atoms with Gasteiger partial charge in [0.25, 0.3) is 5.91 Å².